The first-order chi connectivity index (χ1) is 23.9. The van der Waals surface area contributed by atoms with Gasteiger partial charge in [0.25, 0.3) is 5.91 Å². The highest BCUT2D eigenvalue weighted by Crippen LogP contribution is 2.59. The average Bonchev–Trinajstić information content (AvgIpc) is 3.52. The van der Waals surface area contributed by atoms with Crippen molar-refractivity contribution in [2.24, 2.45) is 5.41 Å². The highest BCUT2D eigenvalue weighted by Gasteiger charge is 2.50. The Hall–Kier alpha value is -4.00. The first-order valence-corrected chi connectivity index (χ1v) is 19.0. The largest absolute Gasteiger partial charge is 0.399 e. The number of thiophene rings is 1. The summed E-state index contributed by atoms with van der Waals surface area (Å²) in [6.45, 7) is 8.17. The van der Waals surface area contributed by atoms with Gasteiger partial charge < -0.3 is 29.6 Å². The zero-order chi connectivity index (χ0) is 36.9. The van der Waals surface area contributed by atoms with Crippen molar-refractivity contribution in [2.45, 2.75) is 70.6 Å². The molecule has 4 atom stereocenters. The lowest BCUT2D eigenvalue weighted by molar-refractivity contribution is -0.157. The van der Waals surface area contributed by atoms with Crippen LogP contribution < -0.4 is 5.32 Å². The molecular formula is C37H40F2N3O7PS. The molecule has 4 aromatic rings. The molecule has 1 saturated heterocycles. The Bertz CT molecular complexity index is 2010. The highest BCUT2D eigenvalue weighted by molar-refractivity contribution is 7.52. The topological polar surface area (TPSA) is 136 Å². The first kappa shape index (κ1) is 36.8. The fraction of sp³-hybridized carbons (Fsp3) is 0.378. The van der Waals surface area contributed by atoms with Gasteiger partial charge in [0.1, 0.15) is 18.2 Å². The van der Waals surface area contributed by atoms with E-state index in [4.69, 9.17) is 4.74 Å². The number of nitrogens with zero attached hydrogens (tertiary/aromatic N) is 2. The minimum Gasteiger partial charge on any atom is -0.367 e. The van der Waals surface area contributed by atoms with Crippen LogP contribution >= 0.6 is 18.9 Å². The molecule has 0 saturated carbocycles. The number of fused-ring (bicyclic) bond motifs is 2. The number of rotatable bonds is 7. The molecule has 3 amide bonds. The second-order valence-corrected chi connectivity index (χ2v) is 17.0. The lowest BCUT2D eigenvalue weighted by atomic mass is 9.84. The Kier molecular flexibility index (Phi) is 9.99. The van der Waals surface area contributed by atoms with Gasteiger partial charge in [0, 0.05) is 29.8 Å². The van der Waals surface area contributed by atoms with E-state index in [1.807, 2.05) is 61.5 Å². The van der Waals surface area contributed by atoms with E-state index in [-0.39, 0.29) is 34.9 Å². The van der Waals surface area contributed by atoms with E-state index >= 15 is 0 Å². The van der Waals surface area contributed by atoms with Gasteiger partial charge >= 0.3 is 13.3 Å². The summed E-state index contributed by atoms with van der Waals surface area (Å²) in [6, 6.07) is 19.9. The van der Waals surface area contributed by atoms with Gasteiger partial charge in [-0.05, 0) is 52.6 Å². The van der Waals surface area contributed by atoms with Gasteiger partial charge in [-0.2, -0.15) is 8.78 Å². The van der Waals surface area contributed by atoms with Gasteiger partial charge in [0.05, 0.1) is 17.5 Å². The standard InChI is InChI=1S/C37H40F2N3O7PS/c1-22-19-41(21-29(49-22)23-10-6-5-7-11-23)34(44)28-17-24-12-8-9-13-25(24)20-42(28)35(45)32(36(2,3)4)40-33(43)31-18-26-16-27(14-15-30(26)51-31)37(38,39)50(46,47)48/h5-16,18,22,28-29,32H,17,19-21H2,1-4H3,(H,40,43)(H2,46,47,48)/t22?,28-,29?,32+/m0/s1. The first-order valence-electron chi connectivity index (χ1n) is 16.6. The van der Waals surface area contributed by atoms with Gasteiger partial charge in [0.15, 0.2) is 0 Å². The number of benzene rings is 3. The molecular weight excluding hydrogens is 699 g/mol. The Morgan fingerprint density at radius 3 is 2.29 bits per heavy atom. The molecule has 51 heavy (non-hydrogen) atoms. The minimum atomic E-state index is -5.79. The van der Waals surface area contributed by atoms with Crippen LogP contribution in [0, 0.1) is 5.41 Å². The van der Waals surface area contributed by atoms with Crippen LogP contribution in [-0.4, -0.2) is 68.6 Å². The molecule has 2 unspecified atom stereocenters. The van der Waals surface area contributed by atoms with Gasteiger partial charge in [-0.15, -0.1) is 11.3 Å². The monoisotopic (exact) mass is 739 g/mol. The van der Waals surface area contributed by atoms with Crippen LogP contribution in [0.2, 0.25) is 0 Å². The van der Waals surface area contributed by atoms with Crippen LogP contribution in [0.3, 0.4) is 0 Å². The number of ether oxygens (including phenoxy) is 1. The molecule has 0 radical (unpaired) electrons. The van der Waals surface area contributed by atoms with Crippen molar-refractivity contribution in [2.75, 3.05) is 13.1 Å². The summed E-state index contributed by atoms with van der Waals surface area (Å²) in [5.74, 6) is -1.27. The Balaban J connectivity index is 1.28. The van der Waals surface area contributed by atoms with Crippen LogP contribution in [0.25, 0.3) is 10.1 Å². The molecule has 1 fully saturated rings. The van der Waals surface area contributed by atoms with Crippen molar-refractivity contribution in [1.82, 2.24) is 15.1 Å². The van der Waals surface area contributed by atoms with Crippen molar-refractivity contribution >= 4 is 46.7 Å². The third kappa shape index (κ3) is 7.50. The average molecular weight is 740 g/mol. The number of alkyl halides is 2. The molecule has 0 spiro atoms. The van der Waals surface area contributed by atoms with Crippen molar-refractivity contribution in [3.05, 3.63) is 106 Å². The lowest BCUT2D eigenvalue weighted by Gasteiger charge is -2.44. The molecule has 0 aliphatic carbocycles. The molecule has 6 rings (SSSR count). The van der Waals surface area contributed by atoms with Crippen LogP contribution in [0.5, 0.6) is 0 Å². The number of carbonyl (C=O) groups excluding carboxylic acids is 3. The summed E-state index contributed by atoms with van der Waals surface area (Å²) in [7, 11) is -5.79. The van der Waals surface area contributed by atoms with Gasteiger partial charge in [0.2, 0.25) is 11.8 Å². The van der Waals surface area contributed by atoms with E-state index in [0.717, 1.165) is 40.2 Å². The summed E-state index contributed by atoms with van der Waals surface area (Å²) in [4.78, 5) is 64.7. The summed E-state index contributed by atoms with van der Waals surface area (Å²) >= 11 is 0.997. The third-order valence-corrected chi connectivity index (χ3v) is 11.5. The quantitative estimate of drug-likeness (QED) is 0.192. The number of carbonyl (C=O) groups is 3. The lowest BCUT2D eigenvalue weighted by Crippen LogP contribution is -2.62. The van der Waals surface area contributed by atoms with Crippen LogP contribution in [0.15, 0.2) is 78.9 Å². The fourth-order valence-electron chi connectivity index (χ4n) is 6.70. The maximum atomic E-state index is 14.7. The second-order valence-electron chi connectivity index (χ2n) is 14.3. The molecule has 10 nitrogen and oxygen atoms in total. The van der Waals surface area contributed by atoms with E-state index < -0.39 is 48.1 Å². The zero-order valence-electron chi connectivity index (χ0n) is 28.6. The molecule has 14 heteroatoms. The predicted molar refractivity (Wildman–Crippen MR) is 189 cm³/mol. The van der Waals surface area contributed by atoms with Crippen molar-refractivity contribution in [3.8, 4) is 0 Å². The molecule has 270 valence electrons. The van der Waals surface area contributed by atoms with Crippen LogP contribution in [0.1, 0.15) is 65.7 Å². The molecule has 0 bridgehead atoms. The number of morpholine rings is 1. The minimum absolute atomic E-state index is 0.120. The summed E-state index contributed by atoms with van der Waals surface area (Å²) in [5.41, 5.74) is -3.27. The van der Waals surface area contributed by atoms with E-state index in [0.29, 0.717) is 24.2 Å². The Labute approximate surface area is 298 Å². The van der Waals surface area contributed by atoms with Gasteiger partial charge in [-0.25, -0.2) is 0 Å². The van der Waals surface area contributed by atoms with Gasteiger partial charge in [-0.3, -0.25) is 18.9 Å². The Morgan fingerprint density at radius 1 is 0.961 bits per heavy atom. The molecule has 1 aromatic heterocycles. The van der Waals surface area contributed by atoms with Crippen LogP contribution in [-0.2, 0) is 37.5 Å². The summed E-state index contributed by atoms with van der Waals surface area (Å²) < 4.78 is 46.9. The van der Waals surface area contributed by atoms with E-state index in [2.05, 4.69) is 5.32 Å². The molecule has 3 N–H and O–H groups in total. The normalized spacial score (nSPS) is 20.5. The van der Waals surface area contributed by atoms with Crippen molar-refractivity contribution in [3.63, 3.8) is 0 Å². The SMILES string of the molecule is CC1CN(C(=O)[C@@H]2Cc3ccccc3CN2C(=O)[C@@H](NC(=O)c2cc3cc(C(F)(F)P(=O)(O)O)ccc3s2)C(C)(C)C)CC(c2ccccc2)O1. The maximum Gasteiger partial charge on any atom is 0.399 e. The number of hydrogen-bond donors (Lipinski definition) is 3. The molecule has 3 aromatic carbocycles. The summed E-state index contributed by atoms with van der Waals surface area (Å²) in [5, 5.41) is 3.06. The summed E-state index contributed by atoms with van der Waals surface area (Å²) in [6.07, 6.45) is -0.276. The smallest absolute Gasteiger partial charge is 0.367 e. The number of hydrogen-bond acceptors (Lipinski definition) is 6. The fourth-order valence-corrected chi connectivity index (χ4v) is 8.12. The predicted octanol–water partition coefficient (Wildman–Crippen LogP) is 6.21. The Morgan fingerprint density at radius 2 is 1.63 bits per heavy atom. The highest BCUT2D eigenvalue weighted by atomic mass is 32.1. The molecule has 2 aliphatic rings. The van der Waals surface area contributed by atoms with E-state index in [1.165, 1.54) is 12.1 Å². The molecule has 2 aliphatic heterocycles. The second kappa shape index (κ2) is 13.9. The van der Waals surface area contributed by atoms with Crippen LogP contribution in [0.4, 0.5) is 8.78 Å². The molecule has 3 heterocycles. The third-order valence-electron chi connectivity index (χ3n) is 9.40. The maximum absolute atomic E-state index is 14.7. The van der Waals surface area contributed by atoms with E-state index in [1.54, 1.807) is 30.6 Å². The van der Waals surface area contributed by atoms with E-state index in [9.17, 15) is 37.5 Å². The number of amides is 3. The number of nitrogens with one attached hydrogen (secondary N) is 1. The van der Waals surface area contributed by atoms with Crippen molar-refractivity contribution in [1.29, 1.82) is 0 Å². The van der Waals surface area contributed by atoms with Gasteiger partial charge in [-0.1, -0.05) is 81.4 Å². The number of halogens is 2. The zero-order valence-corrected chi connectivity index (χ0v) is 30.3. The van der Waals surface area contributed by atoms with Crippen molar-refractivity contribution < 1.29 is 42.3 Å².